The number of halogens is 1. The van der Waals surface area contributed by atoms with Crippen LogP contribution in [0.25, 0.3) is 0 Å². The number of hydrogen-bond donors (Lipinski definition) is 1. The van der Waals surface area contributed by atoms with Crippen molar-refractivity contribution in [3.8, 4) is 5.75 Å². The van der Waals surface area contributed by atoms with E-state index in [4.69, 9.17) is 9.84 Å². The Bertz CT molecular complexity index is 640. The monoisotopic (exact) mass is 352 g/mol. The van der Waals surface area contributed by atoms with E-state index in [1.807, 2.05) is 16.9 Å². The van der Waals surface area contributed by atoms with E-state index in [1.165, 1.54) is 6.07 Å². The number of carbonyl (C=O) groups is 1. The van der Waals surface area contributed by atoms with Gasteiger partial charge in [-0.2, -0.15) is 5.10 Å². The summed E-state index contributed by atoms with van der Waals surface area (Å²) in [7, 11) is 0. The maximum Gasteiger partial charge on any atom is 0.339 e. The van der Waals surface area contributed by atoms with Crippen LogP contribution in [0.3, 0.4) is 0 Å². The lowest BCUT2D eigenvalue weighted by Gasteiger charge is -2.09. The number of nitrogens with zero attached hydrogens (tertiary/aromatic N) is 2. The van der Waals surface area contributed by atoms with Crippen molar-refractivity contribution in [2.45, 2.75) is 32.9 Å². The molecule has 2 aromatic rings. The summed E-state index contributed by atoms with van der Waals surface area (Å²) in [5.74, 6) is -0.683. The molecule has 112 valence electrons. The molecule has 1 aromatic carbocycles. The second-order valence-corrected chi connectivity index (χ2v) is 5.69. The molecule has 0 saturated heterocycles. The van der Waals surface area contributed by atoms with Crippen LogP contribution in [0.4, 0.5) is 0 Å². The average molecular weight is 353 g/mol. The molecule has 0 aliphatic carbocycles. The third-order valence-electron chi connectivity index (χ3n) is 3.26. The standard InChI is InChI=1S/C15H17BrN2O3/c1-3-10(2)18-7-6-12(17-18)9-21-14-8-11(16)4-5-13(14)15(19)20/h4-8,10H,3,9H2,1-2H3,(H,19,20). The Hall–Kier alpha value is -1.82. The molecule has 1 heterocycles. The second kappa shape index (κ2) is 6.76. The Morgan fingerprint density at radius 1 is 1.48 bits per heavy atom. The van der Waals surface area contributed by atoms with Gasteiger partial charge < -0.3 is 9.84 Å². The third kappa shape index (κ3) is 3.85. The number of rotatable bonds is 6. The normalized spacial score (nSPS) is 12.1. The fourth-order valence-electron chi connectivity index (χ4n) is 1.83. The van der Waals surface area contributed by atoms with Gasteiger partial charge in [0.05, 0.1) is 5.69 Å². The molecule has 1 aromatic heterocycles. The molecule has 5 nitrogen and oxygen atoms in total. The molecule has 0 bridgehead atoms. The minimum Gasteiger partial charge on any atom is -0.486 e. The molecule has 0 spiro atoms. The summed E-state index contributed by atoms with van der Waals surface area (Å²) in [6.45, 7) is 4.43. The SMILES string of the molecule is CCC(C)n1ccc(COc2cc(Br)ccc2C(=O)O)n1. The Labute approximate surface area is 131 Å². The van der Waals surface area contributed by atoms with Gasteiger partial charge in [0.25, 0.3) is 0 Å². The zero-order valence-corrected chi connectivity index (χ0v) is 13.5. The first-order valence-electron chi connectivity index (χ1n) is 6.71. The molecule has 0 aliphatic heterocycles. The van der Waals surface area contributed by atoms with Gasteiger partial charge in [0.2, 0.25) is 0 Å². The lowest BCUT2D eigenvalue weighted by atomic mass is 10.2. The number of carboxylic acids is 1. The third-order valence-corrected chi connectivity index (χ3v) is 3.75. The van der Waals surface area contributed by atoms with Crippen LogP contribution in [-0.4, -0.2) is 20.9 Å². The number of ether oxygens (including phenoxy) is 1. The maximum atomic E-state index is 11.2. The van der Waals surface area contributed by atoms with Crippen LogP contribution in [-0.2, 0) is 6.61 Å². The summed E-state index contributed by atoms with van der Waals surface area (Å²) in [5.41, 5.74) is 0.908. The Kier molecular flexibility index (Phi) is 5.01. The molecule has 0 saturated carbocycles. The zero-order chi connectivity index (χ0) is 15.4. The lowest BCUT2D eigenvalue weighted by Crippen LogP contribution is -2.07. The highest BCUT2D eigenvalue weighted by molar-refractivity contribution is 9.10. The van der Waals surface area contributed by atoms with Gasteiger partial charge in [-0.3, -0.25) is 4.68 Å². The quantitative estimate of drug-likeness (QED) is 0.856. The number of hydrogen-bond acceptors (Lipinski definition) is 3. The maximum absolute atomic E-state index is 11.2. The molecule has 6 heteroatoms. The number of aromatic carboxylic acids is 1. The molecule has 1 atom stereocenters. The van der Waals surface area contributed by atoms with E-state index >= 15 is 0 Å². The highest BCUT2D eigenvalue weighted by Gasteiger charge is 2.12. The van der Waals surface area contributed by atoms with E-state index in [0.717, 1.165) is 16.6 Å². The fraction of sp³-hybridized carbons (Fsp3) is 0.333. The Morgan fingerprint density at radius 3 is 2.90 bits per heavy atom. The first-order chi connectivity index (χ1) is 10.0. The highest BCUT2D eigenvalue weighted by Crippen LogP contribution is 2.24. The van der Waals surface area contributed by atoms with Gasteiger partial charge in [0.1, 0.15) is 17.9 Å². The minimum atomic E-state index is -1.01. The van der Waals surface area contributed by atoms with Gasteiger partial charge in [-0.1, -0.05) is 22.9 Å². The molecule has 2 rings (SSSR count). The summed E-state index contributed by atoms with van der Waals surface area (Å²) in [4.78, 5) is 11.2. The van der Waals surface area contributed by atoms with Crippen LogP contribution in [0.2, 0.25) is 0 Å². The topological polar surface area (TPSA) is 64.3 Å². The molecular weight excluding hydrogens is 336 g/mol. The second-order valence-electron chi connectivity index (χ2n) is 4.78. The molecule has 1 N–H and O–H groups in total. The van der Waals surface area contributed by atoms with Crippen LogP contribution in [0.1, 0.15) is 42.4 Å². The summed E-state index contributed by atoms with van der Waals surface area (Å²) in [6, 6.07) is 7.05. The minimum absolute atomic E-state index is 0.138. The van der Waals surface area contributed by atoms with Gasteiger partial charge in [-0.05, 0) is 37.6 Å². The van der Waals surface area contributed by atoms with E-state index in [-0.39, 0.29) is 12.2 Å². The van der Waals surface area contributed by atoms with Crippen LogP contribution in [0.5, 0.6) is 5.75 Å². The van der Waals surface area contributed by atoms with E-state index in [2.05, 4.69) is 34.9 Å². The predicted octanol–water partition coefficient (Wildman–Crippen LogP) is 3.89. The molecule has 1 unspecified atom stereocenters. The van der Waals surface area contributed by atoms with Crippen molar-refractivity contribution in [2.24, 2.45) is 0 Å². The van der Waals surface area contributed by atoms with Gasteiger partial charge in [-0.25, -0.2) is 4.79 Å². The number of benzene rings is 1. The highest BCUT2D eigenvalue weighted by atomic mass is 79.9. The molecule has 0 aliphatic rings. The summed E-state index contributed by atoms with van der Waals surface area (Å²) < 4.78 is 8.26. The van der Waals surface area contributed by atoms with E-state index in [9.17, 15) is 4.79 Å². The van der Waals surface area contributed by atoms with Gasteiger partial charge >= 0.3 is 5.97 Å². The average Bonchev–Trinajstić information content (AvgIpc) is 2.93. The predicted molar refractivity (Wildman–Crippen MR) is 82.7 cm³/mol. The van der Waals surface area contributed by atoms with Gasteiger partial charge in [0.15, 0.2) is 0 Å². The smallest absolute Gasteiger partial charge is 0.339 e. The van der Waals surface area contributed by atoms with Crippen LogP contribution < -0.4 is 4.74 Å². The van der Waals surface area contributed by atoms with Crippen molar-refractivity contribution in [2.75, 3.05) is 0 Å². The molecule has 0 radical (unpaired) electrons. The van der Waals surface area contributed by atoms with Crippen LogP contribution >= 0.6 is 15.9 Å². The van der Waals surface area contributed by atoms with E-state index in [0.29, 0.717) is 11.8 Å². The number of carboxylic acid groups (broad SMARTS) is 1. The van der Waals surface area contributed by atoms with Crippen molar-refractivity contribution in [3.05, 3.63) is 46.2 Å². The van der Waals surface area contributed by atoms with Crippen molar-refractivity contribution in [1.82, 2.24) is 9.78 Å². The van der Waals surface area contributed by atoms with Gasteiger partial charge in [0, 0.05) is 16.7 Å². The van der Waals surface area contributed by atoms with Crippen LogP contribution in [0, 0.1) is 0 Å². The van der Waals surface area contributed by atoms with Crippen molar-refractivity contribution >= 4 is 21.9 Å². The van der Waals surface area contributed by atoms with Crippen molar-refractivity contribution in [3.63, 3.8) is 0 Å². The Balaban J connectivity index is 2.11. The Morgan fingerprint density at radius 2 is 2.24 bits per heavy atom. The summed E-state index contributed by atoms with van der Waals surface area (Å²) in [5, 5.41) is 13.6. The number of aromatic nitrogens is 2. The van der Waals surface area contributed by atoms with Crippen LogP contribution in [0.15, 0.2) is 34.9 Å². The molecule has 0 amide bonds. The first kappa shape index (κ1) is 15.6. The van der Waals surface area contributed by atoms with Crippen molar-refractivity contribution < 1.29 is 14.6 Å². The van der Waals surface area contributed by atoms with E-state index in [1.54, 1.807) is 12.1 Å². The molecular formula is C15H17BrN2O3. The zero-order valence-electron chi connectivity index (χ0n) is 11.9. The lowest BCUT2D eigenvalue weighted by molar-refractivity contribution is 0.0691. The summed E-state index contributed by atoms with van der Waals surface area (Å²) in [6.07, 6.45) is 2.91. The largest absolute Gasteiger partial charge is 0.486 e. The van der Waals surface area contributed by atoms with Crippen molar-refractivity contribution in [1.29, 1.82) is 0 Å². The molecule has 21 heavy (non-hydrogen) atoms. The van der Waals surface area contributed by atoms with Gasteiger partial charge in [-0.15, -0.1) is 0 Å². The molecule has 0 fully saturated rings. The fourth-order valence-corrected chi connectivity index (χ4v) is 2.17. The van der Waals surface area contributed by atoms with E-state index < -0.39 is 5.97 Å². The summed E-state index contributed by atoms with van der Waals surface area (Å²) >= 11 is 3.31. The first-order valence-corrected chi connectivity index (χ1v) is 7.50.